The average molecular weight is 261 g/mol. The Morgan fingerprint density at radius 2 is 1.84 bits per heavy atom. The number of rotatable bonds is 4. The second-order valence-corrected chi connectivity index (χ2v) is 4.21. The highest BCUT2D eigenvalue weighted by atomic mass is 19.1. The van der Waals surface area contributed by atoms with E-state index in [0.717, 1.165) is 24.2 Å². The van der Waals surface area contributed by atoms with Crippen molar-refractivity contribution in [2.45, 2.75) is 33.6 Å². The summed E-state index contributed by atoms with van der Waals surface area (Å²) < 4.78 is 18.8. The molecule has 0 radical (unpaired) electrons. The van der Waals surface area contributed by atoms with Gasteiger partial charge in [-0.2, -0.15) is 4.98 Å². The van der Waals surface area contributed by atoms with Gasteiger partial charge in [-0.05, 0) is 31.4 Å². The number of aryl methyl sites for hydroxylation is 3. The lowest BCUT2D eigenvalue weighted by molar-refractivity contribution is 0.424. The summed E-state index contributed by atoms with van der Waals surface area (Å²) in [5, 5.41) is 7.97. The van der Waals surface area contributed by atoms with E-state index in [0.29, 0.717) is 11.3 Å². The van der Waals surface area contributed by atoms with Crippen molar-refractivity contribution in [1.29, 1.82) is 0 Å². The van der Waals surface area contributed by atoms with E-state index in [1.807, 2.05) is 13.8 Å². The first kappa shape index (κ1) is 13.4. The Morgan fingerprint density at radius 3 is 2.47 bits per heavy atom. The molecule has 0 bridgehead atoms. The van der Waals surface area contributed by atoms with Crippen LogP contribution in [0.15, 0.2) is 18.2 Å². The molecule has 0 aliphatic carbocycles. The standard InChI is InChI=1S/C14H16FN3O/c1-4-12-13(5-2)17-18-14(16-12)19-10-7-6-9(3)11(15)8-10/h6-8H,4-5H2,1-3H3. The lowest BCUT2D eigenvalue weighted by Gasteiger charge is -2.07. The number of nitrogens with zero attached hydrogens (tertiary/aromatic N) is 3. The summed E-state index contributed by atoms with van der Waals surface area (Å²) in [6.45, 7) is 5.70. The predicted molar refractivity (Wildman–Crippen MR) is 69.8 cm³/mol. The van der Waals surface area contributed by atoms with Gasteiger partial charge in [0.1, 0.15) is 11.6 Å². The predicted octanol–water partition coefficient (Wildman–Crippen LogP) is 3.24. The molecule has 0 N–H and O–H groups in total. The summed E-state index contributed by atoms with van der Waals surface area (Å²) in [6, 6.07) is 4.80. The van der Waals surface area contributed by atoms with Gasteiger partial charge in [0.25, 0.3) is 0 Å². The van der Waals surface area contributed by atoms with Crippen LogP contribution in [0.2, 0.25) is 0 Å². The van der Waals surface area contributed by atoms with Crippen LogP contribution in [0, 0.1) is 12.7 Å². The van der Waals surface area contributed by atoms with E-state index in [2.05, 4.69) is 15.2 Å². The minimum atomic E-state index is -0.314. The number of aromatic nitrogens is 3. The average Bonchev–Trinajstić information content (AvgIpc) is 2.43. The van der Waals surface area contributed by atoms with Gasteiger partial charge >= 0.3 is 6.01 Å². The van der Waals surface area contributed by atoms with Crippen molar-refractivity contribution in [3.8, 4) is 11.8 Å². The van der Waals surface area contributed by atoms with E-state index >= 15 is 0 Å². The fourth-order valence-corrected chi connectivity index (χ4v) is 1.71. The van der Waals surface area contributed by atoms with Gasteiger partial charge in [-0.1, -0.05) is 25.0 Å². The number of halogens is 1. The lowest BCUT2D eigenvalue weighted by atomic mass is 10.2. The Hall–Kier alpha value is -2.04. The third-order valence-corrected chi connectivity index (χ3v) is 2.84. The topological polar surface area (TPSA) is 47.9 Å². The van der Waals surface area contributed by atoms with Crippen molar-refractivity contribution in [2.24, 2.45) is 0 Å². The molecule has 0 saturated carbocycles. The van der Waals surface area contributed by atoms with Gasteiger partial charge in [0.05, 0.1) is 11.4 Å². The first-order chi connectivity index (χ1) is 9.13. The molecule has 2 aromatic rings. The molecule has 0 aliphatic rings. The first-order valence-corrected chi connectivity index (χ1v) is 6.30. The van der Waals surface area contributed by atoms with Gasteiger partial charge < -0.3 is 4.74 Å². The Labute approximate surface area is 111 Å². The summed E-state index contributed by atoms with van der Waals surface area (Å²) in [7, 11) is 0. The number of hydrogen-bond donors (Lipinski definition) is 0. The fraction of sp³-hybridized carbons (Fsp3) is 0.357. The Balaban J connectivity index is 2.25. The molecule has 1 aromatic heterocycles. The lowest BCUT2D eigenvalue weighted by Crippen LogP contribution is -2.04. The second kappa shape index (κ2) is 5.73. The largest absolute Gasteiger partial charge is 0.423 e. The minimum absolute atomic E-state index is 0.150. The van der Waals surface area contributed by atoms with Gasteiger partial charge in [-0.3, -0.25) is 0 Å². The molecule has 19 heavy (non-hydrogen) atoms. The highest BCUT2D eigenvalue weighted by molar-refractivity contribution is 5.30. The summed E-state index contributed by atoms with van der Waals surface area (Å²) >= 11 is 0. The van der Waals surface area contributed by atoms with E-state index in [1.54, 1.807) is 19.1 Å². The Kier molecular flexibility index (Phi) is 4.04. The second-order valence-electron chi connectivity index (χ2n) is 4.21. The van der Waals surface area contributed by atoms with E-state index in [1.165, 1.54) is 6.07 Å². The molecular formula is C14H16FN3O. The number of hydrogen-bond acceptors (Lipinski definition) is 4. The van der Waals surface area contributed by atoms with Crippen molar-refractivity contribution in [2.75, 3.05) is 0 Å². The van der Waals surface area contributed by atoms with Crippen LogP contribution in [0.3, 0.4) is 0 Å². The van der Waals surface area contributed by atoms with Gasteiger partial charge in [-0.15, -0.1) is 5.10 Å². The molecule has 2 rings (SSSR count). The zero-order chi connectivity index (χ0) is 13.8. The van der Waals surface area contributed by atoms with Crippen LogP contribution >= 0.6 is 0 Å². The highest BCUT2D eigenvalue weighted by Crippen LogP contribution is 2.20. The zero-order valence-corrected chi connectivity index (χ0v) is 11.3. The van der Waals surface area contributed by atoms with Gasteiger partial charge in [0, 0.05) is 6.07 Å². The minimum Gasteiger partial charge on any atom is -0.423 e. The molecule has 5 heteroatoms. The molecule has 0 fully saturated rings. The van der Waals surface area contributed by atoms with Crippen molar-refractivity contribution in [1.82, 2.24) is 15.2 Å². The summed E-state index contributed by atoms with van der Waals surface area (Å²) in [5.41, 5.74) is 2.30. The number of benzene rings is 1. The molecule has 0 saturated heterocycles. The van der Waals surface area contributed by atoms with Crippen LogP contribution < -0.4 is 4.74 Å². The van der Waals surface area contributed by atoms with Crippen molar-refractivity contribution >= 4 is 0 Å². The van der Waals surface area contributed by atoms with Crippen LogP contribution in [0.25, 0.3) is 0 Å². The zero-order valence-electron chi connectivity index (χ0n) is 11.3. The molecule has 1 heterocycles. The highest BCUT2D eigenvalue weighted by Gasteiger charge is 2.08. The maximum Gasteiger partial charge on any atom is 0.341 e. The summed E-state index contributed by atoms with van der Waals surface area (Å²) in [5.74, 6) is 0.0579. The SMILES string of the molecule is CCc1nnc(Oc2ccc(C)c(F)c2)nc1CC. The fourth-order valence-electron chi connectivity index (χ4n) is 1.71. The molecular weight excluding hydrogens is 245 g/mol. The van der Waals surface area contributed by atoms with Crippen LogP contribution in [-0.4, -0.2) is 15.2 Å². The van der Waals surface area contributed by atoms with Crippen LogP contribution in [0.5, 0.6) is 11.8 Å². The quantitative estimate of drug-likeness (QED) is 0.847. The molecule has 0 amide bonds. The summed E-state index contributed by atoms with van der Waals surface area (Å²) in [6.07, 6.45) is 1.54. The molecule has 4 nitrogen and oxygen atoms in total. The van der Waals surface area contributed by atoms with E-state index in [-0.39, 0.29) is 11.8 Å². The molecule has 0 spiro atoms. The molecule has 0 atom stereocenters. The van der Waals surface area contributed by atoms with Gasteiger partial charge in [-0.25, -0.2) is 4.39 Å². The third-order valence-electron chi connectivity index (χ3n) is 2.84. The monoisotopic (exact) mass is 261 g/mol. The van der Waals surface area contributed by atoms with E-state index < -0.39 is 0 Å². The van der Waals surface area contributed by atoms with Crippen LogP contribution in [0.4, 0.5) is 4.39 Å². The maximum absolute atomic E-state index is 13.4. The van der Waals surface area contributed by atoms with Crippen LogP contribution in [-0.2, 0) is 12.8 Å². The maximum atomic E-state index is 13.4. The van der Waals surface area contributed by atoms with Gasteiger partial charge in [0.2, 0.25) is 0 Å². The Bertz CT molecular complexity index is 587. The van der Waals surface area contributed by atoms with E-state index in [9.17, 15) is 4.39 Å². The van der Waals surface area contributed by atoms with E-state index in [4.69, 9.17) is 4.74 Å². The molecule has 0 unspecified atom stereocenters. The molecule has 1 aromatic carbocycles. The molecule has 100 valence electrons. The smallest absolute Gasteiger partial charge is 0.341 e. The van der Waals surface area contributed by atoms with Crippen LogP contribution in [0.1, 0.15) is 30.8 Å². The van der Waals surface area contributed by atoms with Crippen molar-refractivity contribution in [3.63, 3.8) is 0 Å². The number of ether oxygens (including phenoxy) is 1. The summed E-state index contributed by atoms with van der Waals surface area (Å²) in [4.78, 5) is 4.29. The molecule has 0 aliphatic heterocycles. The van der Waals surface area contributed by atoms with Gasteiger partial charge in [0.15, 0.2) is 0 Å². The third kappa shape index (κ3) is 3.05. The Morgan fingerprint density at radius 1 is 1.11 bits per heavy atom. The van der Waals surface area contributed by atoms with Crippen molar-refractivity contribution < 1.29 is 9.13 Å². The van der Waals surface area contributed by atoms with Crippen molar-refractivity contribution in [3.05, 3.63) is 41.0 Å². The normalized spacial score (nSPS) is 10.5. The first-order valence-electron chi connectivity index (χ1n) is 6.30.